The van der Waals surface area contributed by atoms with E-state index < -0.39 is 23.9 Å². The molecule has 0 heterocycles. The molecule has 11 heteroatoms. The SMILES string of the molecule is C=C(C)C(=O)OCCOc1ccc2cc(C(=O)Oc3ccc(OC(=O)c4ccc5cc(OCCOC(=O)C(=C)C)ccc5c4)c(C(=O)CC)c3)ccc2c1. The minimum absolute atomic E-state index is 0.0283. The van der Waals surface area contributed by atoms with Crippen LogP contribution in [0.1, 0.15) is 58.3 Å². The molecule has 5 aromatic carbocycles. The third-order valence-corrected chi connectivity index (χ3v) is 7.95. The maximum absolute atomic E-state index is 13.2. The fourth-order valence-electron chi connectivity index (χ4n) is 5.11. The summed E-state index contributed by atoms with van der Waals surface area (Å²) in [4.78, 5) is 62.4. The van der Waals surface area contributed by atoms with Gasteiger partial charge in [-0.05, 0) is 102 Å². The second kappa shape index (κ2) is 17.6. The van der Waals surface area contributed by atoms with Crippen LogP contribution in [0.4, 0.5) is 0 Å². The van der Waals surface area contributed by atoms with Crippen LogP contribution in [0.2, 0.25) is 0 Å². The van der Waals surface area contributed by atoms with Gasteiger partial charge in [-0.1, -0.05) is 44.3 Å². The van der Waals surface area contributed by atoms with Crippen molar-refractivity contribution in [2.75, 3.05) is 26.4 Å². The predicted octanol–water partition coefficient (Wildman–Crippen LogP) is 8.02. The highest BCUT2D eigenvalue weighted by atomic mass is 16.6. The van der Waals surface area contributed by atoms with Crippen molar-refractivity contribution >= 4 is 51.2 Å². The maximum atomic E-state index is 13.2. The van der Waals surface area contributed by atoms with E-state index in [9.17, 15) is 24.0 Å². The van der Waals surface area contributed by atoms with Gasteiger partial charge in [0.05, 0.1) is 16.7 Å². The Labute approximate surface area is 311 Å². The molecule has 0 aliphatic rings. The van der Waals surface area contributed by atoms with E-state index in [1.165, 1.54) is 18.2 Å². The highest BCUT2D eigenvalue weighted by molar-refractivity contribution is 6.02. The summed E-state index contributed by atoms with van der Waals surface area (Å²) in [5.74, 6) is -1.34. The van der Waals surface area contributed by atoms with Crippen molar-refractivity contribution in [3.05, 3.63) is 132 Å². The molecule has 276 valence electrons. The Morgan fingerprint density at radius 1 is 0.519 bits per heavy atom. The molecule has 0 radical (unpaired) electrons. The summed E-state index contributed by atoms with van der Waals surface area (Å²) >= 11 is 0. The number of Topliss-reactive ketones (excluding diaryl/α,β-unsaturated/α-hetero) is 1. The van der Waals surface area contributed by atoms with E-state index in [1.54, 1.807) is 93.6 Å². The Hall–Kier alpha value is -6.75. The molecule has 0 atom stereocenters. The average molecular weight is 731 g/mol. The van der Waals surface area contributed by atoms with E-state index in [0.717, 1.165) is 21.5 Å². The zero-order valence-electron chi connectivity index (χ0n) is 30.1. The van der Waals surface area contributed by atoms with Crippen molar-refractivity contribution in [2.45, 2.75) is 27.2 Å². The van der Waals surface area contributed by atoms with Gasteiger partial charge in [0.2, 0.25) is 0 Å². The smallest absolute Gasteiger partial charge is 0.343 e. The van der Waals surface area contributed by atoms with Gasteiger partial charge in [-0.2, -0.15) is 0 Å². The number of carbonyl (C=O) groups is 5. The quantitative estimate of drug-likeness (QED) is 0.0320. The highest BCUT2D eigenvalue weighted by Gasteiger charge is 2.19. The molecule has 5 rings (SSSR count). The molecular weight excluding hydrogens is 692 g/mol. The Morgan fingerprint density at radius 3 is 1.44 bits per heavy atom. The summed E-state index contributed by atoms with van der Waals surface area (Å²) in [6.07, 6.45) is 0.120. The molecule has 0 saturated carbocycles. The number of esters is 4. The van der Waals surface area contributed by atoms with Crippen molar-refractivity contribution in [3.63, 3.8) is 0 Å². The fraction of sp³-hybridized carbons (Fsp3) is 0.186. The summed E-state index contributed by atoms with van der Waals surface area (Å²) in [5.41, 5.74) is 1.24. The van der Waals surface area contributed by atoms with Crippen LogP contribution in [-0.2, 0) is 19.1 Å². The summed E-state index contributed by atoms with van der Waals surface area (Å²) < 4.78 is 32.7. The Balaban J connectivity index is 1.22. The third kappa shape index (κ3) is 9.97. The summed E-state index contributed by atoms with van der Waals surface area (Å²) in [6.45, 7) is 12.4. The first-order valence-corrected chi connectivity index (χ1v) is 17.0. The molecule has 0 aliphatic heterocycles. The predicted molar refractivity (Wildman–Crippen MR) is 201 cm³/mol. The van der Waals surface area contributed by atoms with Crippen LogP contribution in [0.3, 0.4) is 0 Å². The molecule has 11 nitrogen and oxygen atoms in total. The normalized spacial score (nSPS) is 10.6. The molecule has 0 saturated heterocycles. The topological polar surface area (TPSA) is 141 Å². The van der Waals surface area contributed by atoms with Gasteiger partial charge in [-0.3, -0.25) is 4.79 Å². The summed E-state index contributed by atoms with van der Waals surface area (Å²) in [5, 5.41) is 3.12. The van der Waals surface area contributed by atoms with Gasteiger partial charge in [-0.15, -0.1) is 0 Å². The van der Waals surface area contributed by atoms with Gasteiger partial charge in [0, 0.05) is 17.6 Å². The summed E-state index contributed by atoms with van der Waals surface area (Å²) in [7, 11) is 0. The third-order valence-electron chi connectivity index (χ3n) is 7.95. The Morgan fingerprint density at radius 2 is 0.963 bits per heavy atom. The minimum atomic E-state index is -0.678. The fourth-order valence-corrected chi connectivity index (χ4v) is 5.11. The lowest BCUT2D eigenvalue weighted by atomic mass is 10.1. The maximum Gasteiger partial charge on any atom is 0.343 e. The highest BCUT2D eigenvalue weighted by Crippen LogP contribution is 2.29. The van der Waals surface area contributed by atoms with Crippen molar-refractivity contribution in [1.82, 2.24) is 0 Å². The van der Waals surface area contributed by atoms with Gasteiger partial charge in [0.25, 0.3) is 0 Å². The number of ether oxygens (including phenoxy) is 6. The molecule has 0 aliphatic carbocycles. The number of carbonyl (C=O) groups excluding carboxylic acids is 5. The van der Waals surface area contributed by atoms with Crippen LogP contribution >= 0.6 is 0 Å². The van der Waals surface area contributed by atoms with E-state index in [-0.39, 0.29) is 66.8 Å². The van der Waals surface area contributed by atoms with E-state index in [0.29, 0.717) is 22.6 Å². The zero-order valence-corrected chi connectivity index (χ0v) is 30.1. The van der Waals surface area contributed by atoms with Crippen molar-refractivity contribution in [3.8, 4) is 23.0 Å². The van der Waals surface area contributed by atoms with Crippen molar-refractivity contribution < 1.29 is 52.4 Å². The zero-order chi connectivity index (χ0) is 38.8. The standard InChI is InChI=1S/C43H38O11/c1-6-38(44)37-25-36(53-42(47)32-9-7-30-23-34(13-11-28(30)21-32)49-17-19-51-40(45)26(2)3)15-16-39(37)54-43(48)33-10-8-31-24-35(14-12-29(31)22-33)50-18-20-52-41(46)27(4)5/h7-16,21-25H,2,4,6,17-20H2,1,3,5H3. The monoisotopic (exact) mass is 730 g/mol. The number of ketones is 1. The first kappa shape index (κ1) is 38.5. The van der Waals surface area contributed by atoms with Gasteiger partial charge in [-0.25, -0.2) is 19.2 Å². The molecule has 0 fully saturated rings. The van der Waals surface area contributed by atoms with Crippen molar-refractivity contribution in [1.29, 1.82) is 0 Å². The van der Waals surface area contributed by atoms with Crippen LogP contribution < -0.4 is 18.9 Å². The van der Waals surface area contributed by atoms with Gasteiger partial charge in [0.1, 0.15) is 49.4 Å². The average Bonchev–Trinajstić information content (AvgIpc) is 3.17. The molecule has 5 aromatic rings. The minimum Gasteiger partial charge on any atom is -0.490 e. The second-order valence-electron chi connectivity index (χ2n) is 12.2. The molecule has 0 bridgehead atoms. The van der Waals surface area contributed by atoms with Crippen LogP contribution in [-0.4, -0.2) is 56.1 Å². The lowest BCUT2D eigenvalue weighted by Crippen LogP contribution is -2.13. The molecular formula is C43H38O11. The number of hydrogen-bond acceptors (Lipinski definition) is 11. The lowest BCUT2D eigenvalue weighted by Gasteiger charge is -2.12. The van der Waals surface area contributed by atoms with E-state index in [1.807, 2.05) is 0 Å². The Bertz CT molecular complexity index is 2290. The number of benzene rings is 5. The largest absolute Gasteiger partial charge is 0.490 e. The first-order chi connectivity index (χ1) is 25.9. The van der Waals surface area contributed by atoms with Gasteiger partial charge >= 0.3 is 23.9 Å². The van der Waals surface area contributed by atoms with E-state index >= 15 is 0 Å². The second-order valence-corrected chi connectivity index (χ2v) is 12.2. The van der Waals surface area contributed by atoms with Crippen LogP contribution in [0.15, 0.2) is 115 Å². The first-order valence-electron chi connectivity index (χ1n) is 17.0. The Kier molecular flexibility index (Phi) is 12.6. The van der Waals surface area contributed by atoms with Crippen LogP contribution in [0.25, 0.3) is 21.5 Å². The number of hydrogen-bond donors (Lipinski definition) is 0. The van der Waals surface area contributed by atoms with Gasteiger partial charge < -0.3 is 28.4 Å². The summed E-state index contributed by atoms with van der Waals surface area (Å²) in [6, 6.07) is 24.9. The van der Waals surface area contributed by atoms with E-state index in [4.69, 9.17) is 28.4 Å². The molecule has 0 N–H and O–H groups in total. The molecule has 54 heavy (non-hydrogen) atoms. The van der Waals surface area contributed by atoms with Gasteiger partial charge in [0.15, 0.2) is 5.78 Å². The van der Waals surface area contributed by atoms with Crippen molar-refractivity contribution in [2.24, 2.45) is 0 Å². The molecule has 0 spiro atoms. The van der Waals surface area contributed by atoms with Crippen LogP contribution in [0, 0.1) is 0 Å². The van der Waals surface area contributed by atoms with E-state index in [2.05, 4.69) is 13.2 Å². The lowest BCUT2D eigenvalue weighted by molar-refractivity contribution is -0.140. The molecule has 0 unspecified atom stereocenters. The van der Waals surface area contributed by atoms with Crippen LogP contribution in [0.5, 0.6) is 23.0 Å². The molecule has 0 aromatic heterocycles. The number of fused-ring (bicyclic) bond motifs is 2. The number of rotatable bonds is 16. The molecule has 0 amide bonds.